The van der Waals surface area contributed by atoms with Crippen molar-refractivity contribution in [2.75, 3.05) is 0 Å². The van der Waals surface area contributed by atoms with E-state index in [-0.39, 0.29) is 12.4 Å². The van der Waals surface area contributed by atoms with Gasteiger partial charge in [-0.15, -0.1) is 11.3 Å². The van der Waals surface area contributed by atoms with Crippen molar-refractivity contribution in [3.8, 4) is 11.3 Å². The topological polar surface area (TPSA) is 38.9 Å². The molecule has 30 heavy (non-hydrogen) atoms. The molecule has 4 aromatic rings. The van der Waals surface area contributed by atoms with Crippen LogP contribution in [0.2, 0.25) is 5.02 Å². The summed E-state index contributed by atoms with van der Waals surface area (Å²) < 4.78 is 15.3. The maximum absolute atomic E-state index is 13.1. The van der Waals surface area contributed by atoms with Crippen molar-refractivity contribution in [1.29, 1.82) is 0 Å². The lowest BCUT2D eigenvalue weighted by molar-refractivity contribution is 0.132. The number of rotatable bonds is 5. The Bertz CT molecular complexity index is 1210. The summed E-state index contributed by atoms with van der Waals surface area (Å²) in [6, 6.07) is 13.9. The first-order chi connectivity index (χ1) is 14.7. The summed E-state index contributed by atoms with van der Waals surface area (Å²) in [5, 5.41) is 4.90. The number of aryl methyl sites for hydroxylation is 2. The number of aromatic nitrogens is 2. The fourth-order valence-electron chi connectivity index (χ4n) is 3.78. The zero-order valence-corrected chi connectivity index (χ0v) is 17.7. The normalized spacial score (nSPS) is 13.8. The number of nitrogens with zero attached hydrogens (tertiary/aromatic N) is 3. The second-order valence-corrected chi connectivity index (χ2v) is 8.78. The quantitative estimate of drug-likeness (QED) is 0.271. The highest BCUT2D eigenvalue weighted by Crippen LogP contribution is 2.34. The molecule has 0 saturated carbocycles. The van der Waals surface area contributed by atoms with Gasteiger partial charge < -0.3 is 4.84 Å². The Morgan fingerprint density at radius 1 is 1.10 bits per heavy atom. The molecule has 7 heteroatoms. The number of thiazole rings is 1. The molecule has 0 aliphatic heterocycles. The minimum atomic E-state index is -0.265. The maximum Gasteiger partial charge on any atom is 0.195 e. The van der Waals surface area contributed by atoms with Gasteiger partial charge in [0, 0.05) is 21.2 Å². The summed E-state index contributed by atoms with van der Waals surface area (Å²) in [4.78, 5) is 12.8. The maximum atomic E-state index is 13.1. The first kappa shape index (κ1) is 19.3. The van der Waals surface area contributed by atoms with Gasteiger partial charge in [0.2, 0.25) is 0 Å². The number of hydrogen-bond donors (Lipinski definition) is 0. The molecule has 0 N–H and O–H groups in total. The second-order valence-electron chi connectivity index (χ2n) is 7.28. The van der Waals surface area contributed by atoms with E-state index in [1.165, 1.54) is 35.5 Å². The molecule has 0 bridgehead atoms. The number of halogens is 2. The van der Waals surface area contributed by atoms with Crippen molar-refractivity contribution in [3.05, 3.63) is 81.2 Å². The van der Waals surface area contributed by atoms with Crippen molar-refractivity contribution in [3.63, 3.8) is 0 Å². The van der Waals surface area contributed by atoms with Crippen LogP contribution >= 0.6 is 22.9 Å². The minimum absolute atomic E-state index is 0.265. The Morgan fingerprint density at radius 3 is 2.67 bits per heavy atom. The molecular formula is C23H19ClFN3OS. The summed E-state index contributed by atoms with van der Waals surface area (Å²) in [6.07, 6.45) is 6.30. The van der Waals surface area contributed by atoms with Crippen LogP contribution in [0.1, 0.15) is 34.7 Å². The largest absolute Gasteiger partial charge is 0.391 e. The zero-order valence-electron chi connectivity index (χ0n) is 16.1. The van der Waals surface area contributed by atoms with Gasteiger partial charge in [0.1, 0.15) is 12.4 Å². The number of fused-ring (bicyclic) bond motifs is 3. The average Bonchev–Trinajstić information content (AvgIpc) is 3.29. The molecule has 0 spiro atoms. The van der Waals surface area contributed by atoms with Crippen LogP contribution in [0.4, 0.5) is 4.39 Å². The third-order valence-electron chi connectivity index (χ3n) is 5.27. The first-order valence-electron chi connectivity index (χ1n) is 9.88. The molecule has 4 nitrogen and oxygen atoms in total. The van der Waals surface area contributed by atoms with Crippen LogP contribution in [-0.4, -0.2) is 15.6 Å². The average molecular weight is 440 g/mol. The number of hydrogen-bond acceptors (Lipinski definition) is 4. The second kappa shape index (κ2) is 8.20. The molecule has 0 saturated heterocycles. The fourth-order valence-corrected chi connectivity index (χ4v) is 5.12. The van der Waals surface area contributed by atoms with E-state index in [9.17, 15) is 4.39 Å². The highest BCUT2D eigenvalue weighted by molar-refractivity contribution is 7.17. The molecule has 0 atom stereocenters. The molecule has 1 aliphatic carbocycles. The van der Waals surface area contributed by atoms with Crippen molar-refractivity contribution in [2.24, 2.45) is 5.16 Å². The van der Waals surface area contributed by atoms with Crippen molar-refractivity contribution < 1.29 is 9.23 Å². The van der Waals surface area contributed by atoms with Gasteiger partial charge in [-0.05, 0) is 55.5 Å². The SMILES string of the molecule is Fc1ccc(CON=Cc2c(-c3ccc(Cl)cc3)nc3sc4c(n23)CCCC4)cc1. The molecule has 2 aromatic heterocycles. The van der Waals surface area contributed by atoms with Gasteiger partial charge in [0.25, 0.3) is 0 Å². The predicted molar refractivity (Wildman–Crippen MR) is 119 cm³/mol. The molecule has 2 heterocycles. The van der Waals surface area contributed by atoms with Crippen LogP contribution in [-0.2, 0) is 24.3 Å². The molecule has 2 aromatic carbocycles. The highest BCUT2D eigenvalue weighted by atomic mass is 35.5. The molecule has 152 valence electrons. The third kappa shape index (κ3) is 3.73. The summed E-state index contributed by atoms with van der Waals surface area (Å²) in [5.74, 6) is -0.265. The van der Waals surface area contributed by atoms with Crippen molar-refractivity contribution in [1.82, 2.24) is 9.38 Å². The van der Waals surface area contributed by atoms with Gasteiger partial charge in [-0.1, -0.05) is 41.0 Å². The first-order valence-corrected chi connectivity index (χ1v) is 11.1. The van der Waals surface area contributed by atoms with E-state index >= 15 is 0 Å². The predicted octanol–water partition coefficient (Wildman–Crippen LogP) is 6.28. The molecule has 1 aliphatic rings. The monoisotopic (exact) mass is 439 g/mol. The number of imidazole rings is 1. The Hall–Kier alpha value is -2.70. The van der Waals surface area contributed by atoms with E-state index in [0.29, 0.717) is 5.02 Å². The molecule has 5 rings (SSSR count). The Kier molecular flexibility index (Phi) is 5.27. The van der Waals surface area contributed by atoms with Crippen LogP contribution < -0.4 is 0 Å². The van der Waals surface area contributed by atoms with Crippen LogP contribution in [0.3, 0.4) is 0 Å². The lowest BCUT2D eigenvalue weighted by atomic mass is 10.0. The standard InChI is InChI=1S/C23H19ClFN3OS/c24-17-9-7-16(8-10-17)22-20(13-26-29-14-15-5-11-18(25)12-6-15)28-19-3-1-2-4-21(19)30-23(28)27-22/h5-13H,1-4,14H2. The summed E-state index contributed by atoms with van der Waals surface area (Å²) in [5.41, 5.74) is 4.94. The molecule has 0 unspecified atom stereocenters. The highest BCUT2D eigenvalue weighted by Gasteiger charge is 2.22. The fraction of sp³-hybridized carbons (Fsp3) is 0.217. The van der Waals surface area contributed by atoms with Crippen molar-refractivity contribution >= 4 is 34.1 Å². The number of oxime groups is 1. The van der Waals surface area contributed by atoms with Crippen LogP contribution in [0, 0.1) is 5.82 Å². The Balaban J connectivity index is 1.50. The van der Waals surface area contributed by atoms with E-state index < -0.39 is 0 Å². The van der Waals surface area contributed by atoms with Crippen LogP contribution in [0.15, 0.2) is 53.7 Å². The molecule has 0 amide bonds. The van der Waals surface area contributed by atoms with Gasteiger partial charge in [0.15, 0.2) is 4.96 Å². The lowest BCUT2D eigenvalue weighted by Crippen LogP contribution is -2.05. The lowest BCUT2D eigenvalue weighted by Gasteiger charge is -2.11. The smallest absolute Gasteiger partial charge is 0.195 e. The van der Waals surface area contributed by atoms with Gasteiger partial charge in [0.05, 0.1) is 17.6 Å². The van der Waals surface area contributed by atoms with E-state index in [2.05, 4.69) is 9.56 Å². The summed E-state index contributed by atoms with van der Waals surface area (Å²) in [6.45, 7) is 0.275. The number of benzene rings is 2. The Morgan fingerprint density at radius 2 is 1.87 bits per heavy atom. The Labute approximate surface area is 182 Å². The van der Waals surface area contributed by atoms with Crippen LogP contribution in [0.25, 0.3) is 16.2 Å². The molecule has 0 fully saturated rings. The van der Waals surface area contributed by atoms with Gasteiger partial charge in [-0.3, -0.25) is 4.40 Å². The molecular weight excluding hydrogens is 421 g/mol. The van der Waals surface area contributed by atoms with E-state index in [1.54, 1.807) is 29.7 Å². The van der Waals surface area contributed by atoms with Crippen molar-refractivity contribution in [2.45, 2.75) is 32.3 Å². The molecule has 0 radical (unpaired) electrons. The van der Waals surface area contributed by atoms with Gasteiger partial charge in [-0.2, -0.15) is 0 Å². The van der Waals surface area contributed by atoms with Gasteiger partial charge >= 0.3 is 0 Å². The van der Waals surface area contributed by atoms with E-state index in [0.717, 1.165) is 40.3 Å². The van der Waals surface area contributed by atoms with E-state index in [4.69, 9.17) is 21.4 Å². The van der Waals surface area contributed by atoms with Crippen LogP contribution in [0.5, 0.6) is 0 Å². The summed E-state index contributed by atoms with van der Waals surface area (Å²) in [7, 11) is 0. The third-order valence-corrected chi connectivity index (χ3v) is 6.66. The van der Waals surface area contributed by atoms with Gasteiger partial charge in [-0.25, -0.2) is 9.37 Å². The van der Waals surface area contributed by atoms with E-state index in [1.807, 2.05) is 24.3 Å². The minimum Gasteiger partial charge on any atom is -0.391 e. The zero-order chi connectivity index (χ0) is 20.5. The summed E-state index contributed by atoms with van der Waals surface area (Å²) >= 11 is 7.83.